The molecule has 3 heterocycles. The van der Waals surface area contributed by atoms with Crippen LogP contribution < -0.4 is 4.57 Å². The number of hydrogen-bond acceptors (Lipinski definition) is 2. The van der Waals surface area contributed by atoms with Gasteiger partial charge in [-0.2, -0.15) is 0 Å². The van der Waals surface area contributed by atoms with Gasteiger partial charge in [0, 0.05) is 34.9 Å². The van der Waals surface area contributed by atoms with Gasteiger partial charge in [0.05, 0.1) is 17.7 Å². The molecule has 2 atom stereocenters. The van der Waals surface area contributed by atoms with Crippen molar-refractivity contribution in [1.29, 1.82) is 0 Å². The summed E-state index contributed by atoms with van der Waals surface area (Å²) in [4.78, 5) is 12.4. The molecule has 126 valence electrons. The van der Waals surface area contributed by atoms with E-state index in [1.165, 1.54) is 5.56 Å². The lowest BCUT2D eigenvalue weighted by molar-refractivity contribution is -0.688. The van der Waals surface area contributed by atoms with Gasteiger partial charge in [-0.3, -0.25) is 4.79 Å². The van der Waals surface area contributed by atoms with Gasteiger partial charge in [-0.15, -0.1) is 0 Å². The summed E-state index contributed by atoms with van der Waals surface area (Å²) in [7, 11) is 0. The Balaban J connectivity index is 1.47. The third-order valence-electron chi connectivity index (χ3n) is 4.73. The molecule has 0 saturated carbocycles. The lowest BCUT2D eigenvalue weighted by Crippen LogP contribution is -2.33. The first-order valence-corrected chi connectivity index (χ1v) is 9.02. The summed E-state index contributed by atoms with van der Waals surface area (Å²) in [6.45, 7) is 1.30. The van der Waals surface area contributed by atoms with Crippen molar-refractivity contribution in [2.24, 2.45) is 5.92 Å². The predicted molar refractivity (Wildman–Crippen MR) is 97.1 cm³/mol. The molecule has 0 radical (unpaired) electrons. The van der Waals surface area contributed by atoms with Crippen LogP contribution in [0.15, 0.2) is 71.6 Å². The summed E-state index contributed by atoms with van der Waals surface area (Å²) in [6, 6.07) is 15.7. The van der Waals surface area contributed by atoms with Crippen molar-refractivity contribution < 1.29 is 14.5 Å². The van der Waals surface area contributed by atoms with E-state index in [-0.39, 0.29) is 5.78 Å². The second kappa shape index (κ2) is 6.58. The van der Waals surface area contributed by atoms with E-state index in [1.54, 1.807) is 0 Å². The van der Waals surface area contributed by atoms with Crippen molar-refractivity contribution in [3.8, 4) is 0 Å². The SMILES string of the molecule is O=C1c2cccn2CC1C(O)c1cc[n+](Cc2ccc(Br)cc2)cc1. The van der Waals surface area contributed by atoms with Crippen LogP contribution in [0, 0.1) is 5.92 Å². The van der Waals surface area contributed by atoms with Crippen molar-refractivity contribution in [3.05, 3.63) is 88.4 Å². The van der Waals surface area contributed by atoms with E-state index in [0.717, 1.165) is 16.6 Å². The molecule has 4 rings (SSSR count). The zero-order valence-electron chi connectivity index (χ0n) is 13.5. The highest BCUT2D eigenvalue weighted by atomic mass is 79.9. The van der Waals surface area contributed by atoms with Crippen LogP contribution in [0.25, 0.3) is 0 Å². The lowest BCUT2D eigenvalue weighted by atomic mass is 9.93. The van der Waals surface area contributed by atoms with Crippen LogP contribution in [0.3, 0.4) is 0 Å². The zero-order chi connectivity index (χ0) is 17.4. The summed E-state index contributed by atoms with van der Waals surface area (Å²) in [6.07, 6.45) is 4.99. The number of rotatable bonds is 4. The fraction of sp³-hybridized carbons (Fsp3) is 0.200. The minimum Gasteiger partial charge on any atom is -0.388 e. The Labute approximate surface area is 154 Å². The van der Waals surface area contributed by atoms with Gasteiger partial charge in [0.2, 0.25) is 0 Å². The van der Waals surface area contributed by atoms with Gasteiger partial charge in [-0.25, -0.2) is 4.57 Å². The second-order valence-corrected chi connectivity index (χ2v) is 7.31. The summed E-state index contributed by atoms with van der Waals surface area (Å²) >= 11 is 3.44. The number of fused-ring (bicyclic) bond motifs is 1. The van der Waals surface area contributed by atoms with Crippen LogP contribution in [0.2, 0.25) is 0 Å². The normalized spacial score (nSPS) is 17.5. The summed E-state index contributed by atoms with van der Waals surface area (Å²) in [5.41, 5.74) is 2.66. The molecule has 5 heteroatoms. The standard InChI is InChI=1S/C20H18BrN2O2/c21-16-5-3-14(4-6-16)12-22-10-7-15(8-11-22)19(24)17-13-23-9-1-2-18(23)20(17)25/h1-11,17,19,24H,12-13H2/q+1. The third-order valence-corrected chi connectivity index (χ3v) is 5.26. The molecule has 1 aromatic carbocycles. The Morgan fingerprint density at radius 1 is 1.16 bits per heavy atom. The maximum Gasteiger partial charge on any atom is 0.187 e. The average molecular weight is 398 g/mol. The Morgan fingerprint density at radius 2 is 1.88 bits per heavy atom. The first-order chi connectivity index (χ1) is 12.1. The van der Waals surface area contributed by atoms with Crippen molar-refractivity contribution in [2.75, 3.05) is 0 Å². The molecule has 0 aliphatic carbocycles. The Hall–Kier alpha value is -2.24. The van der Waals surface area contributed by atoms with E-state index >= 15 is 0 Å². The highest BCUT2D eigenvalue weighted by Gasteiger charge is 2.36. The van der Waals surface area contributed by atoms with Gasteiger partial charge in [-0.1, -0.05) is 28.1 Å². The van der Waals surface area contributed by atoms with Crippen LogP contribution in [0.4, 0.5) is 0 Å². The Morgan fingerprint density at radius 3 is 2.56 bits per heavy atom. The summed E-state index contributed by atoms with van der Waals surface area (Å²) in [5, 5.41) is 10.6. The van der Waals surface area contributed by atoms with Gasteiger partial charge >= 0.3 is 0 Å². The number of aliphatic hydroxyl groups excluding tert-OH is 1. The van der Waals surface area contributed by atoms with E-state index < -0.39 is 12.0 Å². The topological polar surface area (TPSA) is 46.1 Å². The molecule has 1 N–H and O–H groups in total. The predicted octanol–water partition coefficient (Wildman–Crippen LogP) is 3.13. The van der Waals surface area contributed by atoms with E-state index in [2.05, 4.69) is 32.6 Å². The monoisotopic (exact) mass is 397 g/mol. The first kappa shape index (κ1) is 16.2. The average Bonchev–Trinajstić information content (AvgIpc) is 3.20. The van der Waals surface area contributed by atoms with Crippen molar-refractivity contribution in [1.82, 2.24) is 4.57 Å². The number of halogens is 1. The van der Waals surface area contributed by atoms with Gasteiger partial charge < -0.3 is 9.67 Å². The molecule has 25 heavy (non-hydrogen) atoms. The molecule has 3 aromatic rings. The van der Waals surface area contributed by atoms with E-state index in [1.807, 2.05) is 59.6 Å². The van der Waals surface area contributed by atoms with Crippen molar-refractivity contribution in [3.63, 3.8) is 0 Å². The minimum absolute atomic E-state index is 0.0177. The Kier molecular flexibility index (Phi) is 4.27. The van der Waals surface area contributed by atoms with Crippen molar-refractivity contribution >= 4 is 21.7 Å². The number of aliphatic hydroxyl groups is 1. The minimum atomic E-state index is -0.783. The van der Waals surface area contributed by atoms with Gasteiger partial charge in [0.1, 0.15) is 0 Å². The third kappa shape index (κ3) is 3.17. The Bertz CT molecular complexity index is 900. The number of carbonyl (C=O) groups is 1. The summed E-state index contributed by atoms with van der Waals surface area (Å²) in [5.74, 6) is -0.386. The summed E-state index contributed by atoms with van der Waals surface area (Å²) < 4.78 is 5.03. The molecule has 0 saturated heterocycles. The molecule has 2 unspecified atom stereocenters. The van der Waals surface area contributed by atoms with Gasteiger partial charge in [0.25, 0.3) is 0 Å². The van der Waals surface area contributed by atoms with E-state index in [9.17, 15) is 9.90 Å². The second-order valence-electron chi connectivity index (χ2n) is 6.39. The lowest BCUT2D eigenvalue weighted by Gasteiger charge is -2.16. The van der Waals surface area contributed by atoms with Crippen molar-refractivity contribution in [2.45, 2.75) is 19.2 Å². The molecule has 0 fully saturated rings. The number of benzene rings is 1. The number of carbonyl (C=O) groups excluding carboxylic acids is 1. The fourth-order valence-corrected chi connectivity index (χ4v) is 3.59. The smallest absolute Gasteiger partial charge is 0.187 e. The molecule has 4 nitrogen and oxygen atoms in total. The van der Waals surface area contributed by atoms with E-state index in [0.29, 0.717) is 12.2 Å². The number of nitrogens with zero attached hydrogens (tertiary/aromatic N) is 2. The molecule has 0 bridgehead atoms. The number of Topliss-reactive ketones (excluding diaryl/α,β-unsaturated/α-hetero) is 1. The van der Waals surface area contributed by atoms with Crippen LogP contribution in [0.5, 0.6) is 0 Å². The number of pyridine rings is 1. The molecule has 1 aliphatic heterocycles. The van der Waals surface area contributed by atoms with Crippen LogP contribution >= 0.6 is 15.9 Å². The molecule has 0 spiro atoms. The van der Waals surface area contributed by atoms with E-state index in [4.69, 9.17) is 0 Å². The number of hydrogen-bond donors (Lipinski definition) is 1. The maximum absolute atomic E-state index is 12.4. The number of ketones is 1. The fourth-order valence-electron chi connectivity index (χ4n) is 3.33. The molecular weight excluding hydrogens is 380 g/mol. The first-order valence-electron chi connectivity index (χ1n) is 8.23. The van der Waals surface area contributed by atoms with Gasteiger partial charge in [-0.05, 0) is 29.8 Å². The molecule has 1 aliphatic rings. The van der Waals surface area contributed by atoms with Crippen LogP contribution in [-0.4, -0.2) is 15.5 Å². The van der Waals surface area contributed by atoms with Crippen LogP contribution in [0.1, 0.15) is 27.7 Å². The van der Waals surface area contributed by atoms with Gasteiger partial charge in [0.15, 0.2) is 24.7 Å². The number of aromatic nitrogens is 2. The molecule has 2 aromatic heterocycles. The highest BCUT2D eigenvalue weighted by molar-refractivity contribution is 9.10. The molecule has 0 amide bonds. The largest absolute Gasteiger partial charge is 0.388 e. The maximum atomic E-state index is 12.4. The highest BCUT2D eigenvalue weighted by Crippen LogP contribution is 2.31. The van der Waals surface area contributed by atoms with Crippen LogP contribution in [-0.2, 0) is 13.1 Å². The quantitative estimate of drug-likeness (QED) is 0.687. The molecular formula is C20H18BrN2O2+. The zero-order valence-corrected chi connectivity index (χ0v) is 15.1.